The molecule has 4 heterocycles. The maximum Gasteiger partial charge on any atom is 0.230 e. The van der Waals surface area contributed by atoms with E-state index in [1.54, 1.807) is 0 Å². The highest BCUT2D eigenvalue weighted by Crippen LogP contribution is 2.40. The highest BCUT2D eigenvalue weighted by Gasteiger charge is 2.21. The van der Waals surface area contributed by atoms with Crippen LogP contribution >= 0.6 is 0 Å². The van der Waals surface area contributed by atoms with E-state index >= 15 is 0 Å². The predicted molar refractivity (Wildman–Crippen MR) is 118 cm³/mol. The molecule has 6 rings (SSSR count). The molecule has 4 aromatic heterocycles. The number of fused-ring (bicyclic) bond motifs is 5. The maximum absolute atomic E-state index is 6.36. The fourth-order valence-corrected chi connectivity index (χ4v) is 4.30. The van der Waals surface area contributed by atoms with E-state index in [-0.39, 0.29) is 0 Å². The Morgan fingerprint density at radius 2 is 1.53 bits per heavy atom. The summed E-state index contributed by atoms with van der Waals surface area (Å²) in [7, 11) is 0. The lowest BCUT2D eigenvalue weighted by atomic mass is 10.1. The SMILES string of the molecule is Cc1ccc2c(n1)oc1c3cccc(-c4nccn4-c4c(C)cccc4C)c3oc21. The molecule has 0 atom stereocenters. The first-order valence-electron chi connectivity index (χ1n) is 9.93. The minimum atomic E-state index is 0.605. The zero-order chi connectivity index (χ0) is 20.4. The van der Waals surface area contributed by atoms with Crippen molar-refractivity contribution in [3.8, 4) is 17.1 Å². The molecule has 0 unspecified atom stereocenters. The van der Waals surface area contributed by atoms with Crippen molar-refractivity contribution in [3.63, 3.8) is 0 Å². The van der Waals surface area contributed by atoms with Gasteiger partial charge in [-0.15, -0.1) is 0 Å². The van der Waals surface area contributed by atoms with Crippen molar-refractivity contribution < 1.29 is 8.83 Å². The maximum atomic E-state index is 6.36. The number of hydrogen-bond donors (Lipinski definition) is 0. The molecule has 0 bridgehead atoms. The Kier molecular flexibility index (Phi) is 3.45. The van der Waals surface area contributed by atoms with Crippen LogP contribution < -0.4 is 0 Å². The van der Waals surface area contributed by atoms with Gasteiger partial charge in [0.1, 0.15) is 11.4 Å². The Morgan fingerprint density at radius 1 is 0.767 bits per heavy atom. The number of furan rings is 2. The normalized spacial score (nSPS) is 11.8. The van der Waals surface area contributed by atoms with Crippen LogP contribution in [0.4, 0.5) is 0 Å². The molecule has 0 aliphatic carbocycles. The first-order chi connectivity index (χ1) is 14.6. The second kappa shape index (κ2) is 6.07. The number of rotatable bonds is 2. The number of para-hydroxylation sites is 2. The highest BCUT2D eigenvalue weighted by atomic mass is 16.4. The monoisotopic (exact) mass is 393 g/mol. The smallest absolute Gasteiger partial charge is 0.230 e. The lowest BCUT2D eigenvalue weighted by Crippen LogP contribution is -2.01. The van der Waals surface area contributed by atoms with E-state index in [0.717, 1.165) is 50.3 Å². The summed E-state index contributed by atoms with van der Waals surface area (Å²) in [6.45, 7) is 6.19. The molecule has 0 radical (unpaired) electrons. The molecule has 5 heteroatoms. The van der Waals surface area contributed by atoms with Gasteiger partial charge in [-0.3, -0.25) is 4.57 Å². The van der Waals surface area contributed by atoms with Crippen LogP contribution in [0, 0.1) is 20.8 Å². The first kappa shape index (κ1) is 17.0. The van der Waals surface area contributed by atoms with E-state index in [9.17, 15) is 0 Å². The summed E-state index contributed by atoms with van der Waals surface area (Å²) in [5.74, 6) is 0.840. The number of nitrogens with zero attached hydrogens (tertiary/aromatic N) is 3. The predicted octanol–water partition coefficient (Wildman–Crippen LogP) is 6.51. The van der Waals surface area contributed by atoms with Crippen molar-refractivity contribution in [3.05, 3.63) is 77.7 Å². The first-order valence-corrected chi connectivity index (χ1v) is 9.93. The van der Waals surface area contributed by atoms with Gasteiger partial charge < -0.3 is 8.83 Å². The zero-order valence-corrected chi connectivity index (χ0v) is 16.9. The molecular formula is C25H19N3O2. The Morgan fingerprint density at radius 3 is 2.37 bits per heavy atom. The molecule has 2 aromatic carbocycles. The van der Waals surface area contributed by atoms with Gasteiger partial charge in [0.25, 0.3) is 0 Å². The fraction of sp³-hybridized carbons (Fsp3) is 0.120. The quantitative estimate of drug-likeness (QED) is 0.337. The molecule has 0 saturated carbocycles. The van der Waals surface area contributed by atoms with Gasteiger partial charge in [-0.1, -0.05) is 24.3 Å². The Bertz CT molecular complexity index is 1560. The average molecular weight is 393 g/mol. The molecule has 0 N–H and O–H groups in total. The van der Waals surface area contributed by atoms with Crippen molar-refractivity contribution in [2.75, 3.05) is 0 Å². The molecule has 6 aromatic rings. The lowest BCUT2D eigenvalue weighted by molar-refractivity contribution is 0.644. The second-order valence-corrected chi connectivity index (χ2v) is 7.71. The number of aromatic nitrogens is 3. The molecule has 30 heavy (non-hydrogen) atoms. The summed E-state index contributed by atoms with van der Waals surface area (Å²) in [5, 5.41) is 1.81. The van der Waals surface area contributed by atoms with Crippen LogP contribution in [-0.4, -0.2) is 14.5 Å². The molecule has 0 aliphatic rings. The second-order valence-electron chi connectivity index (χ2n) is 7.71. The fourth-order valence-electron chi connectivity index (χ4n) is 4.30. The summed E-state index contributed by atoms with van der Waals surface area (Å²) < 4.78 is 14.6. The molecule has 0 fully saturated rings. The Labute approximate surface area is 172 Å². The van der Waals surface area contributed by atoms with Crippen molar-refractivity contribution in [2.45, 2.75) is 20.8 Å². The summed E-state index contributed by atoms with van der Waals surface area (Å²) in [6, 6.07) is 16.4. The van der Waals surface area contributed by atoms with E-state index in [1.807, 2.05) is 49.6 Å². The minimum Gasteiger partial charge on any atom is -0.451 e. The molecule has 146 valence electrons. The standard InChI is InChI=1S/C25H19N3O2/c1-14-6-4-7-15(2)20(14)28-13-12-26-24(28)18-9-5-8-17-21(18)29-23-19-11-10-16(3)27-25(19)30-22(17)23/h4-13H,1-3H3. The van der Waals surface area contributed by atoms with Crippen molar-refractivity contribution in [2.24, 2.45) is 0 Å². The summed E-state index contributed by atoms with van der Waals surface area (Å²) in [4.78, 5) is 9.18. The van der Waals surface area contributed by atoms with Crippen LogP contribution in [-0.2, 0) is 0 Å². The number of hydrogen-bond acceptors (Lipinski definition) is 4. The molecule has 0 spiro atoms. The minimum absolute atomic E-state index is 0.605. The van der Waals surface area contributed by atoms with E-state index in [0.29, 0.717) is 5.71 Å². The third-order valence-electron chi connectivity index (χ3n) is 5.67. The van der Waals surface area contributed by atoms with Gasteiger partial charge in [-0.05, 0) is 56.2 Å². The topological polar surface area (TPSA) is 57.0 Å². The van der Waals surface area contributed by atoms with E-state index in [2.05, 4.69) is 46.6 Å². The average Bonchev–Trinajstić information content (AvgIpc) is 3.41. The van der Waals surface area contributed by atoms with Crippen molar-refractivity contribution in [1.82, 2.24) is 14.5 Å². The van der Waals surface area contributed by atoms with Gasteiger partial charge in [0.2, 0.25) is 5.71 Å². The van der Waals surface area contributed by atoms with Gasteiger partial charge in [0.15, 0.2) is 11.2 Å². The van der Waals surface area contributed by atoms with E-state index < -0.39 is 0 Å². The summed E-state index contributed by atoms with van der Waals surface area (Å²) in [6.07, 6.45) is 3.83. The highest BCUT2D eigenvalue weighted by molar-refractivity contribution is 6.14. The van der Waals surface area contributed by atoms with Gasteiger partial charge >= 0.3 is 0 Å². The summed E-state index contributed by atoms with van der Waals surface area (Å²) in [5.41, 5.74) is 8.21. The third kappa shape index (κ3) is 2.29. The Hall–Kier alpha value is -3.86. The van der Waals surface area contributed by atoms with E-state index in [4.69, 9.17) is 8.83 Å². The van der Waals surface area contributed by atoms with Crippen LogP contribution in [0.3, 0.4) is 0 Å². The van der Waals surface area contributed by atoms with Crippen LogP contribution in [0.25, 0.3) is 50.3 Å². The van der Waals surface area contributed by atoms with Crippen molar-refractivity contribution >= 4 is 33.2 Å². The largest absolute Gasteiger partial charge is 0.451 e. The van der Waals surface area contributed by atoms with Gasteiger partial charge in [0.05, 0.1) is 22.0 Å². The van der Waals surface area contributed by atoms with Crippen LogP contribution in [0.5, 0.6) is 0 Å². The number of aryl methyl sites for hydroxylation is 3. The third-order valence-corrected chi connectivity index (χ3v) is 5.67. The van der Waals surface area contributed by atoms with Gasteiger partial charge in [0, 0.05) is 18.1 Å². The van der Waals surface area contributed by atoms with Crippen LogP contribution in [0.1, 0.15) is 16.8 Å². The molecule has 0 amide bonds. The zero-order valence-electron chi connectivity index (χ0n) is 16.9. The molecule has 0 aliphatic heterocycles. The number of pyridine rings is 1. The molecule has 5 nitrogen and oxygen atoms in total. The van der Waals surface area contributed by atoms with Gasteiger partial charge in [-0.2, -0.15) is 0 Å². The number of benzene rings is 2. The van der Waals surface area contributed by atoms with Gasteiger partial charge in [-0.25, -0.2) is 9.97 Å². The molecular weight excluding hydrogens is 374 g/mol. The Balaban J connectivity index is 1.65. The molecule has 0 saturated heterocycles. The van der Waals surface area contributed by atoms with Crippen LogP contribution in [0.15, 0.2) is 69.8 Å². The van der Waals surface area contributed by atoms with Crippen molar-refractivity contribution in [1.29, 1.82) is 0 Å². The number of imidazole rings is 1. The van der Waals surface area contributed by atoms with Crippen LogP contribution in [0.2, 0.25) is 0 Å². The lowest BCUT2D eigenvalue weighted by Gasteiger charge is -2.14. The summed E-state index contributed by atoms with van der Waals surface area (Å²) >= 11 is 0. The van der Waals surface area contributed by atoms with E-state index in [1.165, 1.54) is 11.1 Å².